The predicted octanol–water partition coefficient (Wildman–Crippen LogP) is 6.17. The SMILES string of the molecule is COC(=O)N[C@H](C(=O)N1CCC[C@H]1c1nc(-c2cnc3cc(-c4ccc(-c5cnc([C@@H]6CCCN6C(=O)[C@@H](NC(=O)OC)C(C)C)[nH]5)nc4)ccc3c2)c[nH]1)C(C)C. The molecule has 2 aliphatic rings. The lowest BCUT2D eigenvalue weighted by molar-refractivity contribution is -0.136. The number of methoxy groups -OCH3 is 2. The van der Waals surface area contributed by atoms with Gasteiger partial charge in [0.05, 0.1) is 55.1 Å². The summed E-state index contributed by atoms with van der Waals surface area (Å²) in [6.07, 6.45) is 9.11. The molecule has 0 saturated carbocycles. The minimum Gasteiger partial charge on any atom is -0.453 e. The van der Waals surface area contributed by atoms with Crippen LogP contribution in [0.25, 0.3) is 44.7 Å². The molecule has 2 saturated heterocycles. The zero-order chi connectivity index (χ0) is 41.1. The maximum Gasteiger partial charge on any atom is 0.407 e. The number of carbonyl (C=O) groups excluding carboxylic acids is 4. The van der Waals surface area contributed by atoms with Crippen molar-refractivity contribution in [3.05, 3.63) is 72.8 Å². The summed E-state index contributed by atoms with van der Waals surface area (Å²) in [6.45, 7) is 8.72. The second-order valence-corrected chi connectivity index (χ2v) is 15.5. The fourth-order valence-electron chi connectivity index (χ4n) is 7.84. The zero-order valence-electron chi connectivity index (χ0n) is 33.6. The molecule has 0 aliphatic carbocycles. The molecular formula is C42H50N10O6. The number of nitrogens with zero attached hydrogens (tertiary/aromatic N) is 6. The van der Waals surface area contributed by atoms with Crippen LogP contribution in [-0.2, 0) is 19.1 Å². The van der Waals surface area contributed by atoms with Gasteiger partial charge in [0.2, 0.25) is 11.8 Å². The summed E-state index contributed by atoms with van der Waals surface area (Å²) in [5.41, 5.74) is 5.74. The first kappa shape index (κ1) is 39.9. The summed E-state index contributed by atoms with van der Waals surface area (Å²) < 4.78 is 9.51. The van der Waals surface area contributed by atoms with E-state index in [9.17, 15) is 19.2 Å². The van der Waals surface area contributed by atoms with Gasteiger partial charge < -0.3 is 39.9 Å². The lowest BCUT2D eigenvalue weighted by atomic mass is 10.0. The number of carbonyl (C=O) groups is 4. The molecule has 4 atom stereocenters. The third-order valence-corrected chi connectivity index (χ3v) is 11.0. The van der Waals surface area contributed by atoms with Crippen LogP contribution in [0.15, 0.2) is 61.2 Å². The molecular weight excluding hydrogens is 741 g/mol. The number of aromatic amines is 2. The van der Waals surface area contributed by atoms with Crippen LogP contribution < -0.4 is 10.6 Å². The fourth-order valence-corrected chi connectivity index (χ4v) is 7.84. The van der Waals surface area contributed by atoms with Gasteiger partial charge in [-0.3, -0.25) is 19.6 Å². The van der Waals surface area contributed by atoms with Crippen molar-refractivity contribution in [3.8, 4) is 33.8 Å². The summed E-state index contributed by atoms with van der Waals surface area (Å²) in [5, 5.41) is 6.33. The van der Waals surface area contributed by atoms with E-state index in [-0.39, 0.29) is 35.7 Å². The molecule has 1 aromatic carbocycles. The molecule has 4 amide bonds. The Balaban J connectivity index is 1.02. The Morgan fingerprint density at radius 2 is 1.31 bits per heavy atom. The molecule has 5 aromatic rings. The van der Waals surface area contributed by atoms with Crippen molar-refractivity contribution in [1.29, 1.82) is 0 Å². The van der Waals surface area contributed by atoms with Gasteiger partial charge in [0, 0.05) is 48.2 Å². The molecule has 58 heavy (non-hydrogen) atoms. The van der Waals surface area contributed by atoms with Crippen molar-refractivity contribution in [1.82, 2.24) is 50.3 Å². The van der Waals surface area contributed by atoms with E-state index in [0.29, 0.717) is 24.7 Å². The number of fused-ring (bicyclic) bond motifs is 1. The van der Waals surface area contributed by atoms with Gasteiger partial charge >= 0.3 is 12.2 Å². The van der Waals surface area contributed by atoms with E-state index in [4.69, 9.17) is 24.4 Å². The van der Waals surface area contributed by atoms with Gasteiger partial charge in [-0.15, -0.1) is 0 Å². The first-order valence-electron chi connectivity index (χ1n) is 19.7. The second kappa shape index (κ2) is 17.0. The summed E-state index contributed by atoms with van der Waals surface area (Å²) in [5.74, 6) is 0.825. The molecule has 0 unspecified atom stereocenters. The molecule has 0 spiro atoms. The van der Waals surface area contributed by atoms with E-state index in [1.165, 1.54) is 14.2 Å². The maximum absolute atomic E-state index is 13.6. The second-order valence-electron chi connectivity index (χ2n) is 15.5. The van der Waals surface area contributed by atoms with Crippen molar-refractivity contribution in [3.63, 3.8) is 0 Å². The third-order valence-electron chi connectivity index (χ3n) is 11.0. The van der Waals surface area contributed by atoms with E-state index in [0.717, 1.165) is 70.4 Å². The molecule has 2 aliphatic heterocycles. The number of H-pyrrole nitrogens is 2. The van der Waals surface area contributed by atoms with E-state index < -0.39 is 24.3 Å². The first-order valence-corrected chi connectivity index (χ1v) is 19.7. The number of hydrogen-bond donors (Lipinski definition) is 4. The number of imidazole rings is 2. The van der Waals surface area contributed by atoms with E-state index in [1.807, 2.05) is 76.5 Å². The fraction of sp³-hybridized carbons (Fsp3) is 0.429. The quantitative estimate of drug-likeness (QED) is 0.120. The summed E-state index contributed by atoms with van der Waals surface area (Å²) in [6, 6.07) is 10.2. The van der Waals surface area contributed by atoms with Crippen molar-refractivity contribution in [2.24, 2.45) is 11.8 Å². The van der Waals surface area contributed by atoms with Crippen LogP contribution >= 0.6 is 0 Å². The highest BCUT2D eigenvalue weighted by molar-refractivity contribution is 5.88. The van der Waals surface area contributed by atoms with Gasteiger partial charge in [0.25, 0.3) is 0 Å². The summed E-state index contributed by atoms with van der Waals surface area (Å²) >= 11 is 0. The van der Waals surface area contributed by atoms with E-state index >= 15 is 0 Å². The topological polar surface area (TPSA) is 200 Å². The highest BCUT2D eigenvalue weighted by atomic mass is 16.5. The van der Waals surface area contributed by atoms with Gasteiger partial charge in [-0.05, 0) is 61.3 Å². The largest absolute Gasteiger partial charge is 0.453 e. The predicted molar refractivity (Wildman–Crippen MR) is 216 cm³/mol. The molecule has 0 bridgehead atoms. The number of amides is 4. The molecule has 16 nitrogen and oxygen atoms in total. The van der Waals surface area contributed by atoms with Crippen molar-refractivity contribution in [2.75, 3.05) is 27.3 Å². The van der Waals surface area contributed by atoms with Gasteiger partial charge in [0.15, 0.2) is 0 Å². The van der Waals surface area contributed by atoms with E-state index in [1.54, 1.807) is 22.2 Å². The zero-order valence-corrected chi connectivity index (χ0v) is 33.6. The highest BCUT2D eigenvalue weighted by Gasteiger charge is 2.39. The number of benzene rings is 1. The Morgan fingerprint density at radius 3 is 1.90 bits per heavy atom. The van der Waals surface area contributed by atoms with Gasteiger partial charge in [-0.1, -0.05) is 45.9 Å². The normalized spacial score (nSPS) is 17.8. The number of nitrogens with one attached hydrogen (secondary N) is 4. The number of likely N-dealkylation sites (tertiary alicyclic amines) is 2. The van der Waals surface area contributed by atoms with Crippen LogP contribution in [0, 0.1) is 11.8 Å². The Morgan fingerprint density at radius 1 is 0.707 bits per heavy atom. The average Bonchev–Trinajstić information content (AvgIpc) is 4.07. The number of hydrogen-bond acceptors (Lipinski definition) is 10. The van der Waals surface area contributed by atoms with Crippen LogP contribution in [-0.4, -0.2) is 103 Å². The molecule has 0 radical (unpaired) electrons. The Kier molecular flexibility index (Phi) is 11.7. The summed E-state index contributed by atoms with van der Waals surface area (Å²) in [7, 11) is 2.57. The highest BCUT2D eigenvalue weighted by Crippen LogP contribution is 2.35. The maximum atomic E-state index is 13.6. The molecule has 4 aromatic heterocycles. The number of pyridine rings is 2. The third kappa shape index (κ3) is 8.22. The van der Waals surface area contributed by atoms with Crippen molar-refractivity contribution >= 4 is 34.9 Å². The first-order chi connectivity index (χ1) is 27.9. The van der Waals surface area contributed by atoms with Gasteiger partial charge in [-0.25, -0.2) is 19.6 Å². The number of ether oxygens (including phenoxy) is 2. The monoisotopic (exact) mass is 790 g/mol. The minimum absolute atomic E-state index is 0.117. The molecule has 4 N–H and O–H groups in total. The molecule has 16 heteroatoms. The van der Waals surface area contributed by atoms with Crippen LogP contribution in [0.5, 0.6) is 0 Å². The van der Waals surface area contributed by atoms with E-state index in [2.05, 4.69) is 25.6 Å². The molecule has 6 heterocycles. The molecule has 7 rings (SSSR count). The Hall–Kier alpha value is -6.32. The smallest absolute Gasteiger partial charge is 0.407 e. The number of alkyl carbamates (subject to hydrolysis) is 2. The van der Waals surface area contributed by atoms with Gasteiger partial charge in [0.1, 0.15) is 23.7 Å². The average molecular weight is 791 g/mol. The standard InChI is InChI=1S/C42H50N10O6/c1-23(2)35(49-41(55)57-5)39(53)51-15-7-9-33(51)37-45-21-31(47-37)28-17-26-12-11-25(18-30(26)44-20-28)27-13-14-29(43-19-27)32-22-46-38(48-32)34-10-8-16-52(34)40(54)36(24(3)4)50-42(56)58-6/h11-14,17-24,33-36H,7-10,15-16H2,1-6H3,(H,45,47)(H,46,48)(H,49,55)(H,50,56)/t33-,34-,35-,36-/m0/s1. The van der Waals surface area contributed by atoms with Crippen LogP contribution in [0.4, 0.5) is 9.59 Å². The Bertz CT molecular complexity index is 2290. The lowest BCUT2D eigenvalue weighted by Crippen LogP contribution is -2.51. The lowest BCUT2D eigenvalue weighted by Gasteiger charge is -2.30. The van der Waals surface area contributed by atoms with Crippen LogP contribution in [0.3, 0.4) is 0 Å². The number of aromatic nitrogens is 6. The molecule has 304 valence electrons. The van der Waals surface area contributed by atoms with Crippen molar-refractivity contribution < 1.29 is 28.7 Å². The summed E-state index contributed by atoms with van der Waals surface area (Å²) in [4.78, 5) is 80.3. The van der Waals surface area contributed by atoms with Crippen molar-refractivity contribution in [2.45, 2.75) is 77.5 Å². The molecule has 2 fully saturated rings. The number of rotatable bonds is 11. The van der Waals surface area contributed by atoms with Crippen LogP contribution in [0.1, 0.15) is 77.1 Å². The Labute approximate surface area is 336 Å². The minimum atomic E-state index is -0.704. The van der Waals surface area contributed by atoms with Gasteiger partial charge in [-0.2, -0.15) is 0 Å². The van der Waals surface area contributed by atoms with Crippen LogP contribution in [0.2, 0.25) is 0 Å².